The molecule has 1 saturated heterocycles. The molecule has 2 N–H and O–H groups in total. The van der Waals surface area contributed by atoms with Crippen LogP contribution in [0.4, 0.5) is 14.6 Å². The van der Waals surface area contributed by atoms with Gasteiger partial charge in [-0.15, -0.1) is 0 Å². The van der Waals surface area contributed by atoms with E-state index in [9.17, 15) is 8.78 Å². The summed E-state index contributed by atoms with van der Waals surface area (Å²) >= 11 is 0. The fourth-order valence-electron chi connectivity index (χ4n) is 2.81. The van der Waals surface area contributed by atoms with E-state index in [-0.39, 0.29) is 0 Å². The van der Waals surface area contributed by atoms with E-state index in [1.807, 2.05) is 6.07 Å². The summed E-state index contributed by atoms with van der Waals surface area (Å²) in [6.45, 7) is 3.52. The minimum absolute atomic E-state index is 0.503. The number of nitrogens with zero attached hydrogens (tertiary/aromatic N) is 3. The van der Waals surface area contributed by atoms with Gasteiger partial charge < -0.3 is 15.2 Å². The Morgan fingerprint density at radius 3 is 2.65 bits per heavy atom. The number of nitrogens with one attached hydrogen (secondary N) is 2. The maximum Gasteiger partial charge on any atom is 0.159 e. The van der Waals surface area contributed by atoms with Gasteiger partial charge in [0.25, 0.3) is 0 Å². The van der Waals surface area contributed by atoms with Crippen molar-refractivity contribution in [2.75, 3.05) is 31.1 Å². The highest BCUT2D eigenvalue weighted by molar-refractivity contribution is 5.88. The second-order valence-corrected chi connectivity index (χ2v) is 5.48. The summed E-state index contributed by atoms with van der Waals surface area (Å²) in [6, 6.07) is 5.59. The fraction of sp³-hybridized carbons (Fsp3) is 0.250. The number of H-pyrrole nitrogens is 1. The summed E-state index contributed by atoms with van der Waals surface area (Å²) in [5.74, 6) is -0.436. The first kappa shape index (κ1) is 14.1. The number of halogens is 2. The Hall–Kier alpha value is -2.54. The van der Waals surface area contributed by atoms with Gasteiger partial charge in [-0.25, -0.2) is 18.7 Å². The van der Waals surface area contributed by atoms with Crippen LogP contribution in [0.3, 0.4) is 0 Å². The van der Waals surface area contributed by atoms with E-state index in [4.69, 9.17) is 0 Å². The average molecular weight is 315 g/mol. The number of anilines is 1. The Labute approximate surface area is 131 Å². The Morgan fingerprint density at radius 2 is 1.87 bits per heavy atom. The number of pyridine rings is 1. The summed E-state index contributed by atoms with van der Waals surface area (Å²) < 4.78 is 26.5. The smallest absolute Gasteiger partial charge is 0.159 e. The van der Waals surface area contributed by atoms with Crippen LogP contribution in [0.1, 0.15) is 0 Å². The van der Waals surface area contributed by atoms with Gasteiger partial charge in [0.05, 0.1) is 5.52 Å². The van der Waals surface area contributed by atoms with Crippen LogP contribution in [0, 0.1) is 11.6 Å². The van der Waals surface area contributed by atoms with Gasteiger partial charge in [0, 0.05) is 37.9 Å². The van der Waals surface area contributed by atoms with Crippen LogP contribution in [-0.4, -0.2) is 41.1 Å². The van der Waals surface area contributed by atoms with Crippen molar-refractivity contribution in [3.63, 3.8) is 0 Å². The number of aromatic nitrogens is 3. The van der Waals surface area contributed by atoms with E-state index in [0.717, 1.165) is 55.2 Å². The molecule has 2 aromatic heterocycles. The van der Waals surface area contributed by atoms with Crippen LogP contribution < -0.4 is 10.2 Å². The second kappa shape index (κ2) is 5.58. The van der Waals surface area contributed by atoms with Gasteiger partial charge in [0.2, 0.25) is 0 Å². The number of fused-ring (bicyclic) bond motifs is 1. The molecule has 118 valence electrons. The lowest BCUT2D eigenvalue weighted by atomic mass is 10.2. The van der Waals surface area contributed by atoms with E-state index in [0.29, 0.717) is 11.4 Å². The van der Waals surface area contributed by atoms with E-state index >= 15 is 0 Å². The number of hydrogen-bond acceptors (Lipinski definition) is 4. The SMILES string of the molecule is Fc1ccc(-c2nc3c(N4CCNCC4)nccc3[nH]2)cc1F. The molecule has 0 saturated carbocycles. The number of imidazole rings is 1. The summed E-state index contributed by atoms with van der Waals surface area (Å²) in [6.07, 6.45) is 1.73. The molecule has 0 unspecified atom stereocenters. The van der Waals surface area contributed by atoms with Gasteiger partial charge in [-0.1, -0.05) is 0 Å². The van der Waals surface area contributed by atoms with Gasteiger partial charge in [0.1, 0.15) is 11.3 Å². The standard InChI is InChI=1S/C16H15F2N5/c17-11-2-1-10(9-12(11)18)15-21-13-3-4-20-16(14(13)22-15)23-7-5-19-6-8-23/h1-4,9,19H,5-8H2,(H,21,22). The van der Waals surface area contributed by atoms with Gasteiger partial charge in [-0.3, -0.25) is 0 Å². The molecule has 5 nitrogen and oxygen atoms in total. The lowest BCUT2D eigenvalue weighted by molar-refractivity contribution is 0.509. The molecule has 0 amide bonds. The quantitative estimate of drug-likeness (QED) is 0.762. The van der Waals surface area contributed by atoms with Crippen molar-refractivity contribution in [2.45, 2.75) is 0 Å². The second-order valence-electron chi connectivity index (χ2n) is 5.48. The number of benzene rings is 1. The van der Waals surface area contributed by atoms with Crippen LogP contribution in [-0.2, 0) is 0 Å². The highest BCUT2D eigenvalue weighted by atomic mass is 19.2. The molecule has 0 radical (unpaired) electrons. The first-order valence-corrected chi connectivity index (χ1v) is 7.48. The molecule has 1 fully saturated rings. The maximum absolute atomic E-state index is 13.4. The van der Waals surface area contributed by atoms with E-state index in [1.54, 1.807) is 6.20 Å². The molecular formula is C16H15F2N5. The van der Waals surface area contributed by atoms with E-state index in [1.165, 1.54) is 6.07 Å². The van der Waals surface area contributed by atoms with Crippen molar-refractivity contribution in [1.29, 1.82) is 0 Å². The topological polar surface area (TPSA) is 56.8 Å². The predicted octanol–water partition coefficient (Wildman–Crippen LogP) is 2.31. The van der Waals surface area contributed by atoms with Crippen LogP contribution in [0.15, 0.2) is 30.5 Å². The maximum atomic E-state index is 13.4. The van der Waals surface area contributed by atoms with Gasteiger partial charge in [-0.05, 0) is 24.3 Å². The lowest BCUT2D eigenvalue weighted by Gasteiger charge is -2.28. The van der Waals surface area contributed by atoms with Crippen molar-refractivity contribution in [2.24, 2.45) is 0 Å². The molecule has 7 heteroatoms. The predicted molar refractivity (Wildman–Crippen MR) is 84.3 cm³/mol. The molecule has 0 aliphatic carbocycles. The zero-order chi connectivity index (χ0) is 15.8. The van der Waals surface area contributed by atoms with Crippen LogP contribution in [0.5, 0.6) is 0 Å². The van der Waals surface area contributed by atoms with Gasteiger partial charge in [-0.2, -0.15) is 0 Å². The molecule has 0 atom stereocenters. The summed E-state index contributed by atoms with van der Waals surface area (Å²) in [5, 5.41) is 3.30. The molecule has 4 rings (SSSR count). The van der Waals surface area contributed by atoms with Crippen molar-refractivity contribution in [3.05, 3.63) is 42.1 Å². The molecule has 0 spiro atoms. The summed E-state index contributed by atoms with van der Waals surface area (Å²) in [7, 11) is 0. The number of rotatable bonds is 2. The van der Waals surface area contributed by atoms with Crippen molar-refractivity contribution in [1.82, 2.24) is 20.3 Å². The third-order valence-electron chi connectivity index (χ3n) is 3.99. The summed E-state index contributed by atoms with van der Waals surface area (Å²) in [5.41, 5.74) is 2.08. The van der Waals surface area contributed by atoms with Crippen LogP contribution in [0.25, 0.3) is 22.4 Å². The normalized spacial score (nSPS) is 15.3. The molecule has 3 heterocycles. The number of piperazine rings is 1. The minimum Gasteiger partial charge on any atom is -0.352 e. The first-order valence-electron chi connectivity index (χ1n) is 7.48. The first-order chi connectivity index (χ1) is 11.2. The van der Waals surface area contributed by atoms with Crippen molar-refractivity contribution < 1.29 is 8.78 Å². The van der Waals surface area contributed by atoms with Crippen LogP contribution in [0.2, 0.25) is 0 Å². The average Bonchev–Trinajstić information content (AvgIpc) is 3.02. The third kappa shape index (κ3) is 2.53. The van der Waals surface area contributed by atoms with Crippen molar-refractivity contribution >= 4 is 16.9 Å². The van der Waals surface area contributed by atoms with Crippen molar-refractivity contribution in [3.8, 4) is 11.4 Å². The zero-order valence-corrected chi connectivity index (χ0v) is 12.3. The molecule has 1 aliphatic heterocycles. The van der Waals surface area contributed by atoms with Gasteiger partial charge >= 0.3 is 0 Å². The highest BCUT2D eigenvalue weighted by Crippen LogP contribution is 2.27. The Bertz CT molecular complexity index is 855. The monoisotopic (exact) mass is 315 g/mol. The third-order valence-corrected chi connectivity index (χ3v) is 3.99. The number of aromatic amines is 1. The lowest BCUT2D eigenvalue weighted by Crippen LogP contribution is -2.44. The molecule has 3 aromatic rings. The molecule has 0 bridgehead atoms. The molecular weight excluding hydrogens is 300 g/mol. The summed E-state index contributed by atoms with van der Waals surface area (Å²) in [4.78, 5) is 14.3. The van der Waals surface area contributed by atoms with Crippen LogP contribution >= 0.6 is 0 Å². The molecule has 1 aliphatic rings. The van der Waals surface area contributed by atoms with E-state index in [2.05, 4.69) is 25.2 Å². The Morgan fingerprint density at radius 1 is 1.04 bits per heavy atom. The Balaban J connectivity index is 1.79. The Kier molecular flexibility index (Phi) is 3.42. The van der Waals surface area contributed by atoms with Gasteiger partial charge in [0.15, 0.2) is 17.5 Å². The van der Waals surface area contributed by atoms with E-state index < -0.39 is 11.6 Å². The minimum atomic E-state index is -0.886. The zero-order valence-electron chi connectivity index (χ0n) is 12.3. The largest absolute Gasteiger partial charge is 0.352 e. The fourth-order valence-corrected chi connectivity index (χ4v) is 2.81. The number of hydrogen-bond donors (Lipinski definition) is 2. The molecule has 23 heavy (non-hydrogen) atoms. The molecule has 1 aromatic carbocycles. The highest BCUT2D eigenvalue weighted by Gasteiger charge is 2.17.